The van der Waals surface area contributed by atoms with Gasteiger partial charge in [0.15, 0.2) is 0 Å². The molecule has 1 aliphatic heterocycles. The van der Waals surface area contributed by atoms with Crippen molar-refractivity contribution in [1.82, 2.24) is 9.47 Å². The number of rotatable bonds is 4. The number of anilines is 1. The van der Waals surface area contributed by atoms with Crippen LogP contribution in [0.2, 0.25) is 0 Å². The fraction of sp³-hybridized carbons (Fsp3) is 0.381. The molecule has 2 heterocycles. The molecule has 4 nitrogen and oxygen atoms in total. The van der Waals surface area contributed by atoms with Gasteiger partial charge in [0.25, 0.3) is 0 Å². The molecule has 1 amide bonds. The average molecular weight is 335 g/mol. The number of benzene rings is 2. The molecule has 1 aliphatic rings. The second-order valence-electron chi connectivity index (χ2n) is 6.90. The summed E-state index contributed by atoms with van der Waals surface area (Å²) in [4.78, 5) is 14.9. The number of para-hydroxylation sites is 1. The fourth-order valence-corrected chi connectivity index (χ4v) is 4.01. The first-order chi connectivity index (χ1) is 12.2. The van der Waals surface area contributed by atoms with Gasteiger partial charge in [-0.25, -0.2) is 0 Å². The van der Waals surface area contributed by atoms with Crippen LogP contribution >= 0.6 is 0 Å². The zero-order valence-corrected chi connectivity index (χ0v) is 15.0. The van der Waals surface area contributed by atoms with Crippen molar-refractivity contribution in [2.45, 2.75) is 39.3 Å². The van der Waals surface area contributed by atoms with Gasteiger partial charge in [-0.15, -0.1) is 0 Å². The molecule has 25 heavy (non-hydrogen) atoms. The van der Waals surface area contributed by atoms with Crippen LogP contribution in [0.5, 0.6) is 0 Å². The molecule has 0 aliphatic carbocycles. The molecule has 1 saturated heterocycles. The van der Waals surface area contributed by atoms with E-state index in [0.29, 0.717) is 0 Å². The summed E-state index contributed by atoms with van der Waals surface area (Å²) in [6.45, 7) is 7.15. The van der Waals surface area contributed by atoms with E-state index in [4.69, 9.17) is 0 Å². The van der Waals surface area contributed by atoms with Crippen LogP contribution in [0.3, 0.4) is 0 Å². The number of nitrogens with zero attached hydrogens (tertiary/aromatic N) is 2. The van der Waals surface area contributed by atoms with Gasteiger partial charge in [-0.3, -0.25) is 9.69 Å². The molecule has 1 fully saturated rings. The molecule has 1 atom stereocenters. The Morgan fingerprint density at radius 3 is 2.56 bits per heavy atom. The molecule has 1 N–H and O–H groups in total. The SMILES string of the molecule is CCn1c2ccccc2c2cc(NC(=O)C(C)N3CCCC3)ccc21. The molecule has 1 unspecified atom stereocenters. The molecule has 130 valence electrons. The van der Waals surface area contributed by atoms with Crippen LogP contribution in [0.4, 0.5) is 5.69 Å². The van der Waals surface area contributed by atoms with Crippen LogP contribution in [-0.4, -0.2) is 34.5 Å². The number of aryl methyl sites for hydroxylation is 1. The van der Waals surface area contributed by atoms with Gasteiger partial charge in [0, 0.05) is 34.0 Å². The Kier molecular flexibility index (Phi) is 4.22. The second kappa shape index (κ2) is 6.52. The number of likely N-dealkylation sites (tertiary alicyclic amines) is 1. The predicted octanol–water partition coefficient (Wildman–Crippen LogP) is 4.24. The lowest BCUT2D eigenvalue weighted by atomic mass is 10.1. The van der Waals surface area contributed by atoms with E-state index in [2.05, 4.69) is 58.1 Å². The molecule has 4 rings (SSSR count). The van der Waals surface area contributed by atoms with Crippen molar-refractivity contribution in [1.29, 1.82) is 0 Å². The predicted molar refractivity (Wildman–Crippen MR) is 104 cm³/mol. The highest BCUT2D eigenvalue weighted by Gasteiger charge is 2.24. The summed E-state index contributed by atoms with van der Waals surface area (Å²) in [6.07, 6.45) is 2.39. The largest absolute Gasteiger partial charge is 0.341 e. The first kappa shape index (κ1) is 16.2. The van der Waals surface area contributed by atoms with Crippen molar-refractivity contribution in [2.75, 3.05) is 18.4 Å². The molecule has 1 aromatic heterocycles. The minimum absolute atomic E-state index is 0.0739. The molecular weight excluding hydrogens is 310 g/mol. The minimum Gasteiger partial charge on any atom is -0.341 e. The van der Waals surface area contributed by atoms with Crippen LogP contribution in [0.15, 0.2) is 42.5 Å². The quantitative estimate of drug-likeness (QED) is 0.774. The standard InChI is InChI=1S/C21H25N3O/c1-3-24-19-9-5-4-8-17(19)18-14-16(10-11-20(18)24)22-21(25)15(2)23-12-6-7-13-23/h4-5,8-11,14-15H,3,6-7,12-13H2,1-2H3,(H,22,25). The number of hydrogen-bond donors (Lipinski definition) is 1. The maximum Gasteiger partial charge on any atom is 0.241 e. The van der Waals surface area contributed by atoms with Gasteiger partial charge in [0.05, 0.1) is 6.04 Å². The lowest BCUT2D eigenvalue weighted by molar-refractivity contribution is -0.120. The van der Waals surface area contributed by atoms with Gasteiger partial charge in [0.2, 0.25) is 5.91 Å². The lowest BCUT2D eigenvalue weighted by Crippen LogP contribution is -2.40. The van der Waals surface area contributed by atoms with Crippen molar-refractivity contribution in [3.05, 3.63) is 42.5 Å². The van der Waals surface area contributed by atoms with Gasteiger partial charge in [-0.05, 0) is 64.0 Å². The number of carbonyl (C=O) groups excluding carboxylic acids is 1. The molecule has 2 aromatic carbocycles. The summed E-state index contributed by atoms with van der Waals surface area (Å²) in [6, 6.07) is 14.6. The van der Waals surface area contributed by atoms with Gasteiger partial charge in [-0.1, -0.05) is 18.2 Å². The first-order valence-corrected chi connectivity index (χ1v) is 9.25. The Labute approximate surface area is 148 Å². The zero-order valence-electron chi connectivity index (χ0n) is 15.0. The third kappa shape index (κ3) is 2.81. The van der Waals surface area contributed by atoms with E-state index in [0.717, 1.165) is 25.3 Å². The Hall–Kier alpha value is -2.33. The molecule has 4 heteroatoms. The highest BCUT2D eigenvalue weighted by atomic mass is 16.2. The summed E-state index contributed by atoms with van der Waals surface area (Å²) in [7, 11) is 0. The summed E-state index contributed by atoms with van der Waals surface area (Å²) < 4.78 is 2.32. The third-order valence-electron chi connectivity index (χ3n) is 5.42. The Morgan fingerprint density at radius 1 is 1.08 bits per heavy atom. The number of aromatic nitrogens is 1. The lowest BCUT2D eigenvalue weighted by Gasteiger charge is -2.22. The average Bonchev–Trinajstić information content (AvgIpc) is 3.27. The highest BCUT2D eigenvalue weighted by Crippen LogP contribution is 2.31. The molecule has 0 radical (unpaired) electrons. The number of nitrogens with one attached hydrogen (secondary N) is 1. The number of amides is 1. The van der Waals surface area contributed by atoms with E-state index < -0.39 is 0 Å². The van der Waals surface area contributed by atoms with Crippen molar-refractivity contribution in [3.8, 4) is 0 Å². The van der Waals surface area contributed by atoms with E-state index in [-0.39, 0.29) is 11.9 Å². The summed E-state index contributed by atoms with van der Waals surface area (Å²) in [5, 5.41) is 5.55. The van der Waals surface area contributed by atoms with Gasteiger partial charge in [-0.2, -0.15) is 0 Å². The molecule has 0 spiro atoms. The Morgan fingerprint density at radius 2 is 1.80 bits per heavy atom. The molecule has 0 bridgehead atoms. The highest BCUT2D eigenvalue weighted by molar-refractivity contribution is 6.10. The van der Waals surface area contributed by atoms with E-state index in [1.165, 1.54) is 34.6 Å². The second-order valence-corrected chi connectivity index (χ2v) is 6.90. The van der Waals surface area contributed by atoms with Crippen molar-refractivity contribution in [3.63, 3.8) is 0 Å². The van der Waals surface area contributed by atoms with E-state index in [1.54, 1.807) is 0 Å². The monoisotopic (exact) mass is 335 g/mol. The molecule has 0 saturated carbocycles. The van der Waals surface area contributed by atoms with Crippen LogP contribution in [0.25, 0.3) is 21.8 Å². The zero-order chi connectivity index (χ0) is 17.4. The Balaban J connectivity index is 1.67. The first-order valence-electron chi connectivity index (χ1n) is 9.25. The third-order valence-corrected chi connectivity index (χ3v) is 5.42. The van der Waals surface area contributed by atoms with Crippen LogP contribution in [0.1, 0.15) is 26.7 Å². The summed E-state index contributed by atoms with van der Waals surface area (Å²) in [5.74, 6) is 0.0838. The molecule has 3 aromatic rings. The maximum absolute atomic E-state index is 12.6. The van der Waals surface area contributed by atoms with Crippen molar-refractivity contribution < 1.29 is 4.79 Å². The fourth-order valence-electron chi connectivity index (χ4n) is 4.01. The molecular formula is C21H25N3O. The Bertz CT molecular complexity index is 921. The van der Waals surface area contributed by atoms with E-state index >= 15 is 0 Å². The smallest absolute Gasteiger partial charge is 0.241 e. The van der Waals surface area contributed by atoms with E-state index in [1.807, 2.05) is 13.0 Å². The van der Waals surface area contributed by atoms with Crippen LogP contribution in [0, 0.1) is 0 Å². The van der Waals surface area contributed by atoms with Crippen molar-refractivity contribution >= 4 is 33.4 Å². The topological polar surface area (TPSA) is 37.3 Å². The maximum atomic E-state index is 12.6. The van der Waals surface area contributed by atoms with E-state index in [9.17, 15) is 4.79 Å². The minimum atomic E-state index is -0.0739. The van der Waals surface area contributed by atoms with Crippen LogP contribution < -0.4 is 5.32 Å². The number of hydrogen-bond acceptors (Lipinski definition) is 2. The van der Waals surface area contributed by atoms with Crippen LogP contribution in [-0.2, 0) is 11.3 Å². The number of fused-ring (bicyclic) bond motifs is 3. The number of carbonyl (C=O) groups is 1. The van der Waals surface area contributed by atoms with Gasteiger partial charge < -0.3 is 9.88 Å². The normalized spacial score (nSPS) is 16.6. The summed E-state index contributed by atoms with van der Waals surface area (Å²) >= 11 is 0. The van der Waals surface area contributed by atoms with Crippen molar-refractivity contribution in [2.24, 2.45) is 0 Å². The van der Waals surface area contributed by atoms with Gasteiger partial charge in [0.1, 0.15) is 0 Å². The van der Waals surface area contributed by atoms with Gasteiger partial charge >= 0.3 is 0 Å². The summed E-state index contributed by atoms with van der Waals surface area (Å²) in [5.41, 5.74) is 3.34.